The van der Waals surface area contributed by atoms with Crippen LogP contribution in [0, 0.1) is 0 Å². The minimum Gasteiger partial charge on any atom is -0.480 e. The number of aliphatic carboxylic acids is 1. The van der Waals surface area contributed by atoms with Gasteiger partial charge in [0, 0.05) is 10.5 Å². The van der Waals surface area contributed by atoms with Crippen LogP contribution in [0.2, 0.25) is 0 Å². The summed E-state index contributed by atoms with van der Waals surface area (Å²) >= 11 is 1.42. The highest BCUT2D eigenvalue weighted by Gasteiger charge is 2.24. The van der Waals surface area contributed by atoms with Crippen molar-refractivity contribution in [2.45, 2.75) is 30.0 Å². The fraction of sp³-hybridized carbons (Fsp3) is 0.308. The lowest BCUT2D eigenvalue weighted by atomic mass is 10.1. The highest BCUT2D eigenvalue weighted by atomic mass is 32.2. The van der Waals surface area contributed by atoms with Crippen molar-refractivity contribution in [2.24, 2.45) is 0 Å². The van der Waals surface area contributed by atoms with Crippen molar-refractivity contribution in [3.63, 3.8) is 0 Å². The molecule has 1 aromatic rings. The Kier molecular flexibility index (Phi) is 3.99. The third-order valence-corrected chi connectivity index (χ3v) is 4.07. The van der Waals surface area contributed by atoms with Crippen LogP contribution in [0.4, 0.5) is 5.69 Å². The topological polar surface area (TPSA) is 95.5 Å². The molecule has 0 spiro atoms. The number of amides is 2. The monoisotopic (exact) mass is 294 g/mol. The summed E-state index contributed by atoms with van der Waals surface area (Å²) < 4.78 is 0. The summed E-state index contributed by atoms with van der Waals surface area (Å²) in [4.78, 5) is 35.1. The standard InChI is InChI=1S/C13H14N2O4S/c1-6(13(18)19)14-12(17)8-3-4-10-9(5-8)15-11(16)7(2)20-10/h3-7H,1-2H3,(H,14,17)(H,15,16)(H,18,19)/t6-,7?/m0/s1. The maximum Gasteiger partial charge on any atom is 0.325 e. The van der Waals surface area contributed by atoms with Crippen molar-refractivity contribution >= 4 is 35.2 Å². The molecule has 1 aliphatic heterocycles. The zero-order valence-electron chi connectivity index (χ0n) is 11.0. The van der Waals surface area contributed by atoms with Gasteiger partial charge in [0.2, 0.25) is 5.91 Å². The fourth-order valence-corrected chi connectivity index (χ4v) is 2.62. The molecule has 0 saturated heterocycles. The molecule has 2 atom stereocenters. The first-order valence-corrected chi connectivity index (χ1v) is 6.91. The van der Waals surface area contributed by atoms with E-state index in [1.165, 1.54) is 18.7 Å². The molecule has 1 aliphatic rings. The lowest BCUT2D eigenvalue weighted by molar-refractivity contribution is -0.138. The van der Waals surface area contributed by atoms with Gasteiger partial charge in [-0.05, 0) is 32.0 Å². The fourth-order valence-electron chi connectivity index (χ4n) is 1.69. The smallest absolute Gasteiger partial charge is 0.325 e. The van der Waals surface area contributed by atoms with E-state index in [2.05, 4.69) is 10.6 Å². The average Bonchev–Trinajstić information content (AvgIpc) is 2.39. The largest absolute Gasteiger partial charge is 0.480 e. The van der Waals surface area contributed by atoms with E-state index in [1.807, 2.05) is 0 Å². The van der Waals surface area contributed by atoms with Gasteiger partial charge in [0.25, 0.3) is 5.91 Å². The van der Waals surface area contributed by atoms with E-state index >= 15 is 0 Å². The molecule has 0 aromatic heterocycles. The van der Waals surface area contributed by atoms with E-state index in [1.54, 1.807) is 25.1 Å². The van der Waals surface area contributed by atoms with Gasteiger partial charge in [-0.15, -0.1) is 11.8 Å². The van der Waals surface area contributed by atoms with Crippen LogP contribution in [-0.4, -0.2) is 34.2 Å². The molecule has 1 aromatic carbocycles. The number of carbonyl (C=O) groups excluding carboxylic acids is 2. The molecule has 6 nitrogen and oxygen atoms in total. The Morgan fingerprint density at radius 1 is 1.45 bits per heavy atom. The number of hydrogen-bond acceptors (Lipinski definition) is 4. The number of rotatable bonds is 3. The van der Waals surface area contributed by atoms with Gasteiger partial charge in [-0.3, -0.25) is 14.4 Å². The second-order valence-corrected chi connectivity index (χ2v) is 5.88. The van der Waals surface area contributed by atoms with Crippen molar-refractivity contribution in [1.82, 2.24) is 5.32 Å². The number of fused-ring (bicyclic) bond motifs is 1. The van der Waals surface area contributed by atoms with Gasteiger partial charge >= 0.3 is 5.97 Å². The second-order valence-electron chi connectivity index (χ2n) is 4.49. The second kappa shape index (κ2) is 5.54. The molecule has 0 fully saturated rings. The molecule has 3 N–H and O–H groups in total. The Bertz CT molecular complexity index is 588. The lowest BCUT2D eigenvalue weighted by Gasteiger charge is -2.21. The third kappa shape index (κ3) is 2.93. The van der Waals surface area contributed by atoms with E-state index in [-0.39, 0.29) is 11.2 Å². The van der Waals surface area contributed by atoms with Crippen LogP contribution in [0.25, 0.3) is 0 Å². The van der Waals surface area contributed by atoms with Crippen molar-refractivity contribution in [1.29, 1.82) is 0 Å². The van der Waals surface area contributed by atoms with Crippen LogP contribution in [0.5, 0.6) is 0 Å². The Morgan fingerprint density at radius 3 is 2.80 bits per heavy atom. The summed E-state index contributed by atoms with van der Waals surface area (Å²) in [5, 5.41) is 13.7. The molecule has 1 heterocycles. The van der Waals surface area contributed by atoms with Crippen molar-refractivity contribution in [3.05, 3.63) is 23.8 Å². The van der Waals surface area contributed by atoms with Crippen LogP contribution in [0.15, 0.2) is 23.1 Å². The maximum absolute atomic E-state index is 11.9. The molecule has 0 radical (unpaired) electrons. The van der Waals surface area contributed by atoms with E-state index < -0.39 is 17.9 Å². The van der Waals surface area contributed by atoms with E-state index in [4.69, 9.17) is 5.11 Å². The zero-order chi connectivity index (χ0) is 14.9. The summed E-state index contributed by atoms with van der Waals surface area (Å²) in [5.74, 6) is -1.70. The molecular weight excluding hydrogens is 280 g/mol. The summed E-state index contributed by atoms with van der Waals surface area (Å²) in [7, 11) is 0. The predicted molar refractivity (Wildman–Crippen MR) is 75.0 cm³/mol. The minimum absolute atomic E-state index is 0.112. The summed E-state index contributed by atoms with van der Waals surface area (Å²) in [5.41, 5.74) is 0.890. The van der Waals surface area contributed by atoms with Gasteiger partial charge in [-0.1, -0.05) is 0 Å². The first kappa shape index (κ1) is 14.4. The van der Waals surface area contributed by atoms with Gasteiger partial charge < -0.3 is 15.7 Å². The molecule has 2 rings (SSSR count). The minimum atomic E-state index is -1.10. The zero-order valence-corrected chi connectivity index (χ0v) is 11.8. The van der Waals surface area contributed by atoms with Crippen LogP contribution >= 0.6 is 11.8 Å². The van der Waals surface area contributed by atoms with Gasteiger partial charge in [0.15, 0.2) is 0 Å². The Balaban J connectivity index is 2.19. The Hall–Kier alpha value is -2.02. The quantitative estimate of drug-likeness (QED) is 0.781. The van der Waals surface area contributed by atoms with Crippen LogP contribution in [0.3, 0.4) is 0 Å². The summed E-state index contributed by atoms with van der Waals surface area (Å²) in [6.45, 7) is 3.19. The van der Waals surface area contributed by atoms with Gasteiger partial charge in [0.05, 0.1) is 10.9 Å². The highest BCUT2D eigenvalue weighted by molar-refractivity contribution is 8.00. The van der Waals surface area contributed by atoms with E-state index in [0.717, 1.165) is 4.90 Å². The van der Waals surface area contributed by atoms with Gasteiger partial charge in [-0.25, -0.2) is 0 Å². The molecule has 7 heteroatoms. The van der Waals surface area contributed by atoms with Crippen molar-refractivity contribution in [3.8, 4) is 0 Å². The Morgan fingerprint density at radius 2 is 2.15 bits per heavy atom. The predicted octanol–water partition coefficient (Wildman–Crippen LogP) is 1.32. The summed E-state index contributed by atoms with van der Waals surface area (Å²) in [6, 6.07) is 3.94. The number of carbonyl (C=O) groups is 3. The molecular formula is C13H14N2O4S. The van der Waals surface area contributed by atoms with Crippen LogP contribution in [0.1, 0.15) is 24.2 Å². The lowest BCUT2D eigenvalue weighted by Crippen LogP contribution is -2.38. The van der Waals surface area contributed by atoms with E-state index in [9.17, 15) is 14.4 Å². The van der Waals surface area contributed by atoms with Gasteiger partial charge in [0.1, 0.15) is 6.04 Å². The average molecular weight is 294 g/mol. The first-order valence-electron chi connectivity index (χ1n) is 6.03. The number of anilines is 1. The summed E-state index contributed by atoms with van der Waals surface area (Å²) in [6.07, 6.45) is 0. The molecule has 20 heavy (non-hydrogen) atoms. The highest BCUT2D eigenvalue weighted by Crippen LogP contribution is 2.35. The molecule has 0 bridgehead atoms. The van der Waals surface area contributed by atoms with E-state index in [0.29, 0.717) is 11.3 Å². The van der Waals surface area contributed by atoms with Crippen molar-refractivity contribution < 1.29 is 19.5 Å². The number of benzene rings is 1. The first-order chi connectivity index (χ1) is 9.38. The number of hydrogen-bond donors (Lipinski definition) is 3. The molecule has 1 unspecified atom stereocenters. The maximum atomic E-state index is 11.9. The molecule has 106 valence electrons. The number of carboxylic acids is 1. The normalized spacial score (nSPS) is 18.7. The van der Waals surface area contributed by atoms with Crippen LogP contribution in [-0.2, 0) is 9.59 Å². The SMILES string of the molecule is CC1Sc2ccc(C(=O)N[C@@H](C)C(=O)O)cc2NC1=O. The third-order valence-electron chi connectivity index (χ3n) is 2.89. The number of thioether (sulfide) groups is 1. The Labute approximate surface area is 119 Å². The molecule has 0 saturated carbocycles. The van der Waals surface area contributed by atoms with Gasteiger partial charge in [-0.2, -0.15) is 0 Å². The van der Waals surface area contributed by atoms with Crippen molar-refractivity contribution in [2.75, 3.05) is 5.32 Å². The number of nitrogens with one attached hydrogen (secondary N) is 2. The molecule has 0 aliphatic carbocycles. The number of carboxylic acid groups (broad SMARTS) is 1. The molecule has 2 amide bonds. The van der Waals surface area contributed by atoms with Crippen LogP contribution < -0.4 is 10.6 Å².